The van der Waals surface area contributed by atoms with E-state index in [4.69, 9.17) is 11.6 Å². The Balaban J connectivity index is 2.36. The molecule has 0 unspecified atom stereocenters. The lowest BCUT2D eigenvalue weighted by Crippen LogP contribution is -2.40. The fraction of sp³-hybridized carbons (Fsp3) is 0.400. The quantitative estimate of drug-likeness (QED) is 0.672. The number of aromatic nitrogens is 1. The lowest BCUT2D eigenvalue weighted by Gasteiger charge is -2.35. The number of pyridine rings is 1. The lowest BCUT2D eigenvalue weighted by molar-refractivity contribution is 0.467. The summed E-state index contributed by atoms with van der Waals surface area (Å²) < 4.78 is 0. The molecule has 4 heteroatoms. The van der Waals surface area contributed by atoms with Crippen molar-refractivity contribution in [2.24, 2.45) is 0 Å². The number of rotatable bonds is 3. The van der Waals surface area contributed by atoms with Crippen molar-refractivity contribution in [1.29, 1.82) is 0 Å². The van der Waals surface area contributed by atoms with Crippen molar-refractivity contribution in [3.8, 4) is 0 Å². The zero-order valence-electron chi connectivity index (χ0n) is 11.9. The first-order chi connectivity index (χ1) is 8.69. The van der Waals surface area contributed by atoms with Gasteiger partial charge in [-0.15, -0.1) is 0 Å². The van der Waals surface area contributed by atoms with Crippen LogP contribution in [0.5, 0.6) is 0 Å². The molecule has 0 radical (unpaired) electrons. The van der Waals surface area contributed by atoms with E-state index in [-0.39, 0.29) is 5.04 Å². The minimum atomic E-state index is -2.19. The molecule has 19 heavy (non-hydrogen) atoms. The minimum absolute atomic E-state index is 0.0702. The van der Waals surface area contributed by atoms with Crippen LogP contribution in [0, 0.1) is 0 Å². The van der Waals surface area contributed by atoms with Gasteiger partial charge in [0.2, 0.25) is 0 Å². The van der Waals surface area contributed by atoms with E-state index in [2.05, 4.69) is 37.0 Å². The van der Waals surface area contributed by atoms with E-state index < -0.39 is 8.32 Å². The van der Waals surface area contributed by atoms with Crippen LogP contribution < -0.4 is 0 Å². The molecule has 102 valence electrons. The van der Waals surface area contributed by atoms with Crippen LogP contribution in [0.2, 0.25) is 23.3 Å². The third kappa shape index (κ3) is 3.16. The fourth-order valence-corrected chi connectivity index (χ4v) is 2.77. The predicted octanol–water partition coefficient (Wildman–Crippen LogP) is 4.41. The van der Waals surface area contributed by atoms with E-state index >= 15 is 0 Å². The van der Waals surface area contributed by atoms with Gasteiger partial charge in [0.1, 0.15) is 5.15 Å². The standard InChI is InChI=1S/C15H20ClNOSi/c1-15(2,19(3,4)18)10-11-5-6-12-7-8-14(16)17-13(12)9-11/h5-9,18H,10H2,1-4H3. The average Bonchev–Trinajstić information content (AvgIpc) is 2.26. The molecule has 1 aromatic carbocycles. The van der Waals surface area contributed by atoms with Crippen molar-refractivity contribution in [2.45, 2.75) is 38.4 Å². The second-order valence-electron chi connectivity index (χ2n) is 6.28. The fourth-order valence-electron chi connectivity index (χ4n) is 1.97. The molecule has 0 aliphatic carbocycles. The van der Waals surface area contributed by atoms with Crippen molar-refractivity contribution in [3.63, 3.8) is 0 Å². The van der Waals surface area contributed by atoms with Crippen LogP contribution in [0.15, 0.2) is 30.3 Å². The van der Waals surface area contributed by atoms with E-state index in [0.29, 0.717) is 5.15 Å². The molecule has 2 nitrogen and oxygen atoms in total. The van der Waals surface area contributed by atoms with Crippen molar-refractivity contribution in [3.05, 3.63) is 41.0 Å². The molecular formula is C15H20ClNOSi. The average molecular weight is 294 g/mol. The topological polar surface area (TPSA) is 33.1 Å². The summed E-state index contributed by atoms with van der Waals surface area (Å²) in [5, 5.41) is 1.53. The van der Waals surface area contributed by atoms with Gasteiger partial charge in [0.15, 0.2) is 8.32 Å². The number of hydrogen-bond acceptors (Lipinski definition) is 2. The highest BCUT2D eigenvalue weighted by Gasteiger charge is 2.37. The summed E-state index contributed by atoms with van der Waals surface area (Å²) in [5.41, 5.74) is 2.11. The first kappa shape index (κ1) is 14.5. The molecule has 0 spiro atoms. The highest BCUT2D eigenvalue weighted by Crippen LogP contribution is 2.38. The molecule has 0 bridgehead atoms. The third-order valence-electron chi connectivity index (χ3n) is 4.02. The van der Waals surface area contributed by atoms with Gasteiger partial charge in [-0.1, -0.05) is 37.6 Å². The van der Waals surface area contributed by atoms with Crippen molar-refractivity contribution in [2.75, 3.05) is 0 Å². The molecule has 2 rings (SSSR count). The molecule has 0 amide bonds. The van der Waals surface area contributed by atoms with Gasteiger partial charge in [0.25, 0.3) is 0 Å². The summed E-state index contributed by atoms with van der Waals surface area (Å²) in [6.07, 6.45) is 0.854. The normalized spacial score (nSPS) is 12.9. The van der Waals surface area contributed by atoms with Crippen molar-refractivity contribution in [1.82, 2.24) is 4.98 Å². The molecule has 1 N–H and O–H groups in total. The summed E-state index contributed by atoms with van der Waals surface area (Å²) in [6, 6.07) is 10.0. The first-order valence-electron chi connectivity index (χ1n) is 6.47. The number of fused-ring (bicyclic) bond motifs is 1. The number of benzene rings is 1. The van der Waals surface area contributed by atoms with E-state index in [0.717, 1.165) is 17.3 Å². The Hall–Kier alpha value is -0.903. The Morgan fingerprint density at radius 3 is 2.47 bits per heavy atom. The smallest absolute Gasteiger partial charge is 0.188 e. The first-order valence-corrected chi connectivity index (χ1v) is 9.79. The molecule has 1 heterocycles. The van der Waals surface area contributed by atoms with Gasteiger partial charge in [-0.3, -0.25) is 0 Å². The maximum absolute atomic E-state index is 10.4. The zero-order chi connectivity index (χ0) is 14.3. The van der Waals surface area contributed by atoms with Crippen molar-refractivity contribution < 1.29 is 4.80 Å². The SMILES string of the molecule is CC(C)(Cc1ccc2ccc(Cl)nc2c1)[Si](C)(C)O. The van der Waals surface area contributed by atoms with Crippen LogP contribution >= 0.6 is 11.6 Å². The van der Waals surface area contributed by atoms with Crippen LogP contribution in [-0.4, -0.2) is 18.1 Å². The molecule has 2 aromatic rings. The lowest BCUT2D eigenvalue weighted by atomic mass is 10.0. The number of hydrogen-bond donors (Lipinski definition) is 1. The number of halogens is 1. The molecule has 0 aliphatic rings. The van der Waals surface area contributed by atoms with Crippen LogP contribution in [0.3, 0.4) is 0 Å². The minimum Gasteiger partial charge on any atom is -0.432 e. The Morgan fingerprint density at radius 1 is 1.21 bits per heavy atom. The molecule has 0 fully saturated rings. The highest BCUT2D eigenvalue weighted by atomic mass is 35.5. The third-order valence-corrected chi connectivity index (χ3v) is 7.72. The van der Waals surface area contributed by atoms with Crippen LogP contribution in [0.1, 0.15) is 19.4 Å². The maximum Gasteiger partial charge on any atom is 0.188 e. The summed E-state index contributed by atoms with van der Waals surface area (Å²) in [5.74, 6) is 0. The van der Waals surface area contributed by atoms with Gasteiger partial charge in [0, 0.05) is 5.39 Å². The monoisotopic (exact) mass is 293 g/mol. The zero-order valence-corrected chi connectivity index (χ0v) is 13.6. The van der Waals surface area contributed by atoms with Gasteiger partial charge >= 0.3 is 0 Å². The molecule has 0 aliphatic heterocycles. The van der Waals surface area contributed by atoms with Gasteiger partial charge in [0.05, 0.1) is 5.52 Å². The molecule has 0 atom stereocenters. The number of nitrogens with zero attached hydrogens (tertiary/aromatic N) is 1. The van der Waals surface area contributed by atoms with Crippen molar-refractivity contribution >= 4 is 30.8 Å². The molecule has 0 saturated heterocycles. The van der Waals surface area contributed by atoms with E-state index in [9.17, 15) is 4.80 Å². The van der Waals surface area contributed by atoms with E-state index in [1.807, 2.05) is 19.2 Å². The Morgan fingerprint density at radius 2 is 1.84 bits per heavy atom. The maximum atomic E-state index is 10.4. The second-order valence-corrected chi connectivity index (χ2v) is 11.1. The summed E-state index contributed by atoms with van der Waals surface area (Å²) in [6.45, 7) is 8.25. The van der Waals surface area contributed by atoms with Gasteiger partial charge in [-0.25, -0.2) is 4.98 Å². The second kappa shape index (κ2) is 4.89. The van der Waals surface area contributed by atoms with Crippen LogP contribution in [-0.2, 0) is 6.42 Å². The summed E-state index contributed by atoms with van der Waals surface area (Å²) >= 11 is 5.93. The van der Waals surface area contributed by atoms with Crippen LogP contribution in [0.4, 0.5) is 0 Å². The predicted molar refractivity (Wildman–Crippen MR) is 84.2 cm³/mol. The van der Waals surface area contributed by atoms with Gasteiger partial charge in [-0.05, 0) is 48.3 Å². The highest BCUT2D eigenvalue weighted by molar-refractivity contribution is 6.72. The Bertz CT molecular complexity index is 605. The Labute approximate surface area is 120 Å². The van der Waals surface area contributed by atoms with E-state index in [1.165, 1.54) is 5.56 Å². The van der Waals surface area contributed by atoms with Crippen LogP contribution in [0.25, 0.3) is 10.9 Å². The Kier molecular flexibility index (Phi) is 3.73. The summed E-state index contributed by atoms with van der Waals surface area (Å²) in [4.78, 5) is 14.7. The summed E-state index contributed by atoms with van der Waals surface area (Å²) in [7, 11) is -2.19. The molecule has 1 aromatic heterocycles. The van der Waals surface area contributed by atoms with E-state index in [1.54, 1.807) is 6.07 Å². The molecular weight excluding hydrogens is 274 g/mol. The van der Waals surface area contributed by atoms with Gasteiger partial charge in [-0.2, -0.15) is 0 Å². The largest absolute Gasteiger partial charge is 0.432 e. The molecule has 0 saturated carbocycles. The van der Waals surface area contributed by atoms with Gasteiger partial charge < -0.3 is 4.80 Å².